The van der Waals surface area contributed by atoms with E-state index in [1.54, 1.807) is 25.1 Å². The van der Waals surface area contributed by atoms with E-state index in [1.807, 2.05) is 31.2 Å². The van der Waals surface area contributed by atoms with E-state index >= 15 is 0 Å². The van der Waals surface area contributed by atoms with Gasteiger partial charge in [-0.1, -0.05) is 30.3 Å². The second kappa shape index (κ2) is 8.02. The van der Waals surface area contributed by atoms with Gasteiger partial charge in [-0.2, -0.15) is 0 Å². The minimum Gasteiger partial charge on any atom is -0.497 e. The van der Waals surface area contributed by atoms with Crippen LogP contribution in [0.3, 0.4) is 0 Å². The molecular weight excluding hydrogens is 377 g/mol. The van der Waals surface area contributed by atoms with Gasteiger partial charge in [0.15, 0.2) is 0 Å². The minimum absolute atomic E-state index is 0.109. The van der Waals surface area contributed by atoms with E-state index in [0.717, 1.165) is 11.1 Å². The summed E-state index contributed by atoms with van der Waals surface area (Å²) < 4.78 is 47.4. The number of halogens is 1. The number of nitrogens with zero attached hydrogens (tertiary/aromatic N) is 1. The molecule has 0 amide bonds. The lowest BCUT2D eigenvalue weighted by Gasteiger charge is -2.31. The first-order valence-electron chi connectivity index (χ1n) is 8.84. The molecule has 3 aromatic carbocycles. The average Bonchev–Trinajstić information content (AvgIpc) is 2.68. The van der Waals surface area contributed by atoms with Crippen LogP contribution in [0.4, 0.5) is 10.1 Å². The van der Waals surface area contributed by atoms with Crippen molar-refractivity contribution in [3.8, 4) is 5.75 Å². The number of hydrogen-bond acceptors (Lipinski definition) is 3. The van der Waals surface area contributed by atoms with Gasteiger partial charge in [-0.25, -0.2) is 12.8 Å². The van der Waals surface area contributed by atoms with Gasteiger partial charge in [0, 0.05) is 0 Å². The van der Waals surface area contributed by atoms with Gasteiger partial charge in [0.25, 0.3) is 10.0 Å². The lowest BCUT2D eigenvalue weighted by molar-refractivity contribution is 0.414. The van der Waals surface area contributed by atoms with Crippen molar-refractivity contribution in [2.75, 3.05) is 11.4 Å². The fraction of sp³-hybridized carbons (Fsp3) is 0.182. The van der Waals surface area contributed by atoms with E-state index in [1.165, 1.54) is 41.7 Å². The summed E-state index contributed by atoms with van der Waals surface area (Å²) in [5.41, 5.74) is 2.08. The fourth-order valence-electron chi connectivity index (χ4n) is 3.23. The largest absolute Gasteiger partial charge is 0.497 e. The van der Waals surface area contributed by atoms with Crippen LogP contribution < -0.4 is 9.04 Å². The molecule has 0 aliphatic heterocycles. The van der Waals surface area contributed by atoms with E-state index in [0.29, 0.717) is 5.75 Å². The summed E-state index contributed by atoms with van der Waals surface area (Å²) >= 11 is 0. The molecule has 0 unspecified atom stereocenters. The molecular formula is C22H22FNO3S. The van der Waals surface area contributed by atoms with E-state index in [4.69, 9.17) is 4.74 Å². The van der Waals surface area contributed by atoms with Gasteiger partial charge in [-0.3, -0.25) is 4.31 Å². The van der Waals surface area contributed by atoms with Gasteiger partial charge in [-0.05, 0) is 67.4 Å². The molecule has 3 rings (SSSR count). The zero-order chi connectivity index (χ0) is 20.3. The van der Waals surface area contributed by atoms with Gasteiger partial charge >= 0.3 is 0 Å². The fourth-order valence-corrected chi connectivity index (χ4v) is 4.85. The van der Waals surface area contributed by atoms with Crippen LogP contribution in [0.15, 0.2) is 77.7 Å². The topological polar surface area (TPSA) is 46.6 Å². The minimum atomic E-state index is -3.95. The van der Waals surface area contributed by atoms with Crippen molar-refractivity contribution in [2.24, 2.45) is 0 Å². The molecule has 3 aromatic rings. The van der Waals surface area contributed by atoms with E-state index < -0.39 is 21.9 Å². The normalized spacial score (nSPS) is 12.4. The molecule has 28 heavy (non-hydrogen) atoms. The van der Waals surface area contributed by atoms with Crippen LogP contribution in [0, 0.1) is 12.7 Å². The molecule has 0 aliphatic carbocycles. The summed E-state index contributed by atoms with van der Waals surface area (Å²) in [7, 11) is -2.43. The first kappa shape index (κ1) is 19.9. The Labute approximate surface area is 165 Å². The lowest BCUT2D eigenvalue weighted by atomic mass is 10.0. The van der Waals surface area contributed by atoms with Crippen molar-refractivity contribution in [1.82, 2.24) is 0 Å². The number of methoxy groups -OCH3 is 1. The van der Waals surface area contributed by atoms with E-state index in [-0.39, 0.29) is 10.6 Å². The van der Waals surface area contributed by atoms with E-state index in [9.17, 15) is 12.8 Å². The maximum atomic E-state index is 13.9. The summed E-state index contributed by atoms with van der Waals surface area (Å²) in [5.74, 6) is 0.0626. The first-order valence-corrected chi connectivity index (χ1v) is 10.3. The van der Waals surface area contributed by atoms with Crippen LogP contribution in [-0.2, 0) is 10.0 Å². The Hall–Kier alpha value is -2.86. The third kappa shape index (κ3) is 3.87. The summed E-state index contributed by atoms with van der Waals surface area (Å²) in [5, 5.41) is 0. The maximum absolute atomic E-state index is 13.9. The number of hydrogen-bond donors (Lipinski definition) is 0. The monoisotopic (exact) mass is 399 g/mol. The quantitative estimate of drug-likeness (QED) is 0.579. The Bertz CT molecular complexity index is 1070. The number of benzene rings is 3. The molecule has 0 bridgehead atoms. The third-order valence-electron chi connectivity index (χ3n) is 4.67. The first-order chi connectivity index (χ1) is 13.3. The second-order valence-electron chi connectivity index (χ2n) is 6.49. The Balaban J connectivity index is 2.16. The SMILES string of the molecule is COc1ccc(S(=O)(=O)N(c2cccc(F)c2)[C@H](C)c2ccccc2C)cc1. The maximum Gasteiger partial charge on any atom is 0.264 e. The lowest BCUT2D eigenvalue weighted by Crippen LogP contribution is -2.34. The van der Waals surface area contributed by atoms with Crippen molar-refractivity contribution >= 4 is 15.7 Å². The van der Waals surface area contributed by atoms with Gasteiger partial charge in [0.1, 0.15) is 11.6 Å². The highest BCUT2D eigenvalue weighted by atomic mass is 32.2. The average molecular weight is 399 g/mol. The molecule has 6 heteroatoms. The van der Waals surface area contributed by atoms with Crippen molar-refractivity contribution in [1.29, 1.82) is 0 Å². The Morgan fingerprint density at radius 3 is 2.25 bits per heavy atom. The smallest absolute Gasteiger partial charge is 0.264 e. The molecule has 0 aliphatic rings. The standard InChI is InChI=1S/C22H22FNO3S/c1-16-7-4-5-10-22(16)17(2)24(19-9-6-8-18(23)15-19)28(25,26)21-13-11-20(27-3)12-14-21/h4-15,17H,1-3H3/t17-/m1/s1. The number of aryl methyl sites for hydroxylation is 1. The van der Waals surface area contributed by atoms with E-state index in [2.05, 4.69) is 0 Å². The predicted molar refractivity (Wildman–Crippen MR) is 109 cm³/mol. The molecule has 0 N–H and O–H groups in total. The number of sulfonamides is 1. The molecule has 1 atom stereocenters. The molecule has 0 saturated heterocycles. The Morgan fingerprint density at radius 2 is 1.64 bits per heavy atom. The third-order valence-corrected chi connectivity index (χ3v) is 6.58. The van der Waals surface area contributed by atoms with Crippen LogP contribution in [0.25, 0.3) is 0 Å². The number of ether oxygens (including phenoxy) is 1. The summed E-state index contributed by atoms with van der Waals surface area (Å²) in [6, 6.07) is 18.8. The molecule has 146 valence electrons. The van der Waals surface area contributed by atoms with Crippen molar-refractivity contribution in [3.63, 3.8) is 0 Å². The summed E-state index contributed by atoms with van der Waals surface area (Å²) in [4.78, 5) is 0.109. The molecule has 0 heterocycles. The molecule has 0 fully saturated rings. The van der Waals surface area contributed by atoms with Crippen LogP contribution >= 0.6 is 0 Å². The van der Waals surface area contributed by atoms with Gasteiger partial charge in [-0.15, -0.1) is 0 Å². The van der Waals surface area contributed by atoms with Gasteiger partial charge in [0.05, 0.1) is 23.7 Å². The number of rotatable bonds is 6. The summed E-state index contributed by atoms with van der Waals surface area (Å²) in [6.45, 7) is 3.73. The van der Waals surface area contributed by atoms with Gasteiger partial charge < -0.3 is 4.74 Å². The highest BCUT2D eigenvalue weighted by Crippen LogP contribution is 2.35. The zero-order valence-electron chi connectivity index (χ0n) is 16.0. The molecule has 0 radical (unpaired) electrons. The molecule has 0 saturated carbocycles. The molecule has 4 nitrogen and oxygen atoms in total. The molecule has 0 aromatic heterocycles. The van der Waals surface area contributed by atoms with Gasteiger partial charge in [0.2, 0.25) is 0 Å². The highest BCUT2D eigenvalue weighted by molar-refractivity contribution is 7.92. The van der Waals surface area contributed by atoms with Crippen molar-refractivity contribution < 1.29 is 17.5 Å². The Kier molecular flexibility index (Phi) is 5.70. The summed E-state index contributed by atoms with van der Waals surface area (Å²) in [6.07, 6.45) is 0. The van der Waals surface area contributed by atoms with Crippen molar-refractivity contribution in [2.45, 2.75) is 24.8 Å². The number of anilines is 1. The van der Waals surface area contributed by atoms with Crippen LogP contribution in [0.5, 0.6) is 5.75 Å². The Morgan fingerprint density at radius 1 is 0.964 bits per heavy atom. The van der Waals surface area contributed by atoms with Crippen LogP contribution in [-0.4, -0.2) is 15.5 Å². The van der Waals surface area contributed by atoms with Crippen LogP contribution in [0.2, 0.25) is 0 Å². The predicted octanol–water partition coefficient (Wildman–Crippen LogP) is 5.10. The highest BCUT2D eigenvalue weighted by Gasteiger charge is 2.31. The van der Waals surface area contributed by atoms with Crippen LogP contribution in [0.1, 0.15) is 24.1 Å². The second-order valence-corrected chi connectivity index (χ2v) is 8.30. The zero-order valence-corrected chi connectivity index (χ0v) is 16.8. The molecule has 0 spiro atoms. The van der Waals surface area contributed by atoms with Crippen molar-refractivity contribution in [3.05, 3.63) is 89.7 Å².